The summed E-state index contributed by atoms with van der Waals surface area (Å²) in [6.45, 7) is -0.502. The van der Waals surface area contributed by atoms with Crippen LogP contribution in [0.15, 0.2) is 36.7 Å². The van der Waals surface area contributed by atoms with Crippen molar-refractivity contribution in [2.24, 2.45) is 0 Å². The summed E-state index contributed by atoms with van der Waals surface area (Å²) in [5, 5.41) is 4.09. The van der Waals surface area contributed by atoms with Gasteiger partial charge in [0.15, 0.2) is 0 Å². The number of rotatable bonds is 5. The maximum atomic E-state index is 12.4. The molecule has 0 saturated heterocycles. The molecule has 3 rings (SSSR count). The maximum Gasteiger partial charge on any atom is 0.387 e. The SMILES string of the molecule is Cc1cc2c(NCc3ccccc3OC(F)F)ncnc2s1. The lowest BCUT2D eigenvalue weighted by molar-refractivity contribution is -0.0504. The van der Waals surface area contributed by atoms with E-state index in [9.17, 15) is 8.78 Å². The van der Waals surface area contributed by atoms with Gasteiger partial charge in [-0.1, -0.05) is 18.2 Å². The van der Waals surface area contributed by atoms with Crippen molar-refractivity contribution in [1.82, 2.24) is 9.97 Å². The third-order valence-corrected chi connectivity index (χ3v) is 4.05. The Balaban J connectivity index is 1.82. The van der Waals surface area contributed by atoms with Gasteiger partial charge in [-0.25, -0.2) is 9.97 Å². The molecule has 0 aliphatic rings. The number of aromatic nitrogens is 2. The highest BCUT2D eigenvalue weighted by atomic mass is 32.1. The average molecular weight is 321 g/mol. The predicted octanol–water partition coefficient (Wildman–Crippen LogP) is 4.21. The molecule has 2 aromatic heterocycles. The van der Waals surface area contributed by atoms with Crippen molar-refractivity contribution in [3.63, 3.8) is 0 Å². The molecule has 4 nitrogen and oxygen atoms in total. The van der Waals surface area contributed by atoms with Gasteiger partial charge in [0.05, 0.1) is 5.39 Å². The molecular weight excluding hydrogens is 308 g/mol. The Labute approximate surface area is 129 Å². The lowest BCUT2D eigenvalue weighted by atomic mass is 10.2. The van der Waals surface area contributed by atoms with E-state index in [0.717, 1.165) is 15.1 Å². The molecule has 0 aliphatic carbocycles. The minimum Gasteiger partial charge on any atom is -0.434 e. The smallest absolute Gasteiger partial charge is 0.387 e. The molecule has 22 heavy (non-hydrogen) atoms. The van der Waals surface area contributed by atoms with Crippen LogP contribution in [0.4, 0.5) is 14.6 Å². The average Bonchev–Trinajstić information content (AvgIpc) is 2.86. The zero-order valence-corrected chi connectivity index (χ0v) is 12.5. The van der Waals surface area contributed by atoms with E-state index in [-0.39, 0.29) is 5.75 Å². The van der Waals surface area contributed by atoms with Gasteiger partial charge in [0.25, 0.3) is 0 Å². The van der Waals surface area contributed by atoms with Gasteiger partial charge in [0, 0.05) is 17.0 Å². The van der Waals surface area contributed by atoms with E-state index >= 15 is 0 Å². The molecule has 0 aliphatic heterocycles. The van der Waals surface area contributed by atoms with E-state index < -0.39 is 6.61 Å². The second kappa shape index (κ2) is 6.23. The topological polar surface area (TPSA) is 47.0 Å². The number of alkyl halides is 2. The molecule has 0 saturated carbocycles. The predicted molar refractivity (Wildman–Crippen MR) is 82.6 cm³/mol. The monoisotopic (exact) mass is 321 g/mol. The van der Waals surface area contributed by atoms with Crippen LogP contribution >= 0.6 is 11.3 Å². The Hall–Kier alpha value is -2.28. The normalized spacial score (nSPS) is 11.1. The molecule has 0 spiro atoms. The molecule has 0 bridgehead atoms. The molecule has 0 amide bonds. The number of anilines is 1. The summed E-state index contributed by atoms with van der Waals surface area (Å²) in [6.07, 6.45) is 1.49. The van der Waals surface area contributed by atoms with Crippen molar-refractivity contribution in [1.29, 1.82) is 0 Å². The largest absolute Gasteiger partial charge is 0.434 e. The first kappa shape index (κ1) is 14.6. The van der Waals surface area contributed by atoms with Gasteiger partial charge in [-0.2, -0.15) is 8.78 Å². The third kappa shape index (κ3) is 3.14. The Morgan fingerprint density at radius 2 is 2.09 bits per heavy atom. The van der Waals surface area contributed by atoms with Crippen LogP contribution in [0, 0.1) is 6.92 Å². The van der Waals surface area contributed by atoms with E-state index in [1.54, 1.807) is 29.5 Å². The molecule has 7 heteroatoms. The molecule has 114 valence electrons. The molecule has 1 aromatic carbocycles. The van der Waals surface area contributed by atoms with Crippen LogP contribution in [0.1, 0.15) is 10.4 Å². The molecule has 0 fully saturated rings. The van der Waals surface area contributed by atoms with Gasteiger partial charge in [-0.05, 0) is 19.1 Å². The number of hydrogen-bond acceptors (Lipinski definition) is 5. The van der Waals surface area contributed by atoms with Crippen LogP contribution in [0.5, 0.6) is 5.75 Å². The molecule has 0 radical (unpaired) electrons. The number of nitrogens with zero attached hydrogens (tertiary/aromatic N) is 2. The molecule has 1 N–H and O–H groups in total. The van der Waals surface area contributed by atoms with Crippen LogP contribution < -0.4 is 10.1 Å². The number of aryl methyl sites for hydroxylation is 1. The molecule has 3 aromatic rings. The number of nitrogens with one attached hydrogen (secondary N) is 1. The lowest BCUT2D eigenvalue weighted by Gasteiger charge is -2.11. The number of halogens is 2. The van der Waals surface area contributed by atoms with Crippen molar-refractivity contribution in [2.75, 3.05) is 5.32 Å². The van der Waals surface area contributed by atoms with Gasteiger partial charge < -0.3 is 10.1 Å². The number of hydrogen-bond donors (Lipinski definition) is 1. The standard InChI is InChI=1S/C15H13F2N3OS/c1-9-6-11-13(19-8-20-14(11)22-9)18-7-10-4-2-3-5-12(10)21-15(16)17/h2-6,8,15H,7H2,1H3,(H,18,19,20). The molecular formula is C15H13F2N3OS. The summed E-state index contributed by atoms with van der Waals surface area (Å²) in [5.74, 6) is 0.845. The van der Waals surface area contributed by atoms with E-state index in [0.29, 0.717) is 17.9 Å². The van der Waals surface area contributed by atoms with E-state index in [4.69, 9.17) is 0 Å². The van der Waals surface area contributed by atoms with E-state index in [2.05, 4.69) is 20.0 Å². The van der Waals surface area contributed by atoms with Crippen molar-refractivity contribution in [3.05, 3.63) is 47.1 Å². The first-order valence-electron chi connectivity index (χ1n) is 6.61. The summed E-state index contributed by atoms with van der Waals surface area (Å²) in [6, 6.07) is 8.70. The summed E-state index contributed by atoms with van der Waals surface area (Å²) < 4.78 is 29.3. The highest BCUT2D eigenvalue weighted by molar-refractivity contribution is 7.18. The molecule has 2 heterocycles. The van der Waals surface area contributed by atoms with Crippen LogP contribution in [-0.4, -0.2) is 16.6 Å². The lowest BCUT2D eigenvalue weighted by Crippen LogP contribution is -2.07. The van der Waals surface area contributed by atoms with E-state index in [1.165, 1.54) is 12.4 Å². The van der Waals surface area contributed by atoms with Gasteiger partial charge in [0.1, 0.15) is 22.7 Å². The van der Waals surface area contributed by atoms with Crippen LogP contribution in [0.3, 0.4) is 0 Å². The number of thiophene rings is 1. The summed E-state index contributed by atoms with van der Waals surface area (Å²) >= 11 is 1.58. The first-order valence-corrected chi connectivity index (χ1v) is 7.43. The maximum absolute atomic E-state index is 12.4. The van der Waals surface area contributed by atoms with Gasteiger partial charge in [0.2, 0.25) is 0 Å². The fraction of sp³-hybridized carbons (Fsp3) is 0.200. The Kier molecular flexibility index (Phi) is 4.15. The van der Waals surface area contributed by atoms with Gasteiger partial charge >= 0.3 is 6.61 Å². The highest BCUT2D eigenvalue weighted by Gasteiger charge is 2.11. The second-order valence-electron chi connectivity index (χ2n) is 4.64. The zero-order valence-electron chi connectivity index (χ0n) is 11.7. The quantitative estimate of drug-likeness (QED) is 0.764. The minimum atomic E-state index is -2.84. The Morgan fingerprint density at radius 1 is 1.27 bits per heavy atom. The number of para-hydroxylation sites is 1. The van der Waals surface area contributed by atoms with E-state index in [1.807, 2.05) is 13.0 Å². The fourth-order valence-corrected chi connectivity index (χ4v) is 3.00. The number of benzene rings is 1. The summed E-state index contributed by atoms with van der Waals surface area (Å²) in [7, 11) is 0. The second-order valence-corrected chi connectivity index (χ2v) is 5.87. The molecule has 0 unspecified atom stereocenters. The van der Waals surface area contributed by atoms with Crippen molar-refractivity contribution < 1.29 is 13.5 Å². The Bertz CT molecular complexity index is 791. The molecule has 0 atom stereocenters. The number of ether oxygens (including phenoxy) is 1. The fourth-order valence-electron chi connectivity index (χ4n) is 2.16. The van der Waals surface area contributed by atoms with Crippen molar-refractivity contribution >= 4 is 27.4 Å². The number of fused-ring (bicyclic) bond motifs is 1. The summed E-state index contributed by atoms with van der Waals surface area (Å²) in [4.78, 5) is 10.5. The minimum absolute atomic E-state index is 0.164. The van der Waals surface area contributed by atoms with Crippen molar-refractivity contribution in [3.8, 4) is 5.75 Å². The summed E-state index contributed by atoms with van der Waals surface area (Å²) in [5.41, 5.74) is 0.640. The first-order chi connectivity index (χ1) is 10.6. The van der Waals surface area contributed by atoms with Crippen LogP contribution in [0.25, 0.3) is 10.2 Å². The third-order valence-electron chi connectivity index (χ3n) is 3.09. The van der Waals surface area contributed by atoms with Crippen LogP contribution in [-0.2, 0) is 6.54 Å². The van der Waals surface area contributed by atoms with Gasteiger partial charge in [-0.3, -0.25) is 0 Å². The van der Waals surface area contributed by atoms with Crippen molar-refractivity contribution in [2.45, 2.75) is 20.1 Å². The Morgan fingerprint density at radius 3 is 2.91 bits per heavy atom. The highest BCUT2D eigenvalue weighted by Crippen LogP contribution is 2.28. The zero-order chi connectivity index (χ0) is 15.5. The van der Waals surface area contributed by atoms with Gasteiger partial charge in [-0.15, -0.1) is 11.3 Å². The van der Waals surface area contributed by atoms with Crippen LogP contribution in [0.2, 0.25) is 0 Å².